The molecule has 4 heteroatoms. The number of rotatable bonds is 16. The first-order valence-corrected chi connectivity index (χ1v) is 13.0. The predicted molar refractivity (Wildman–Crippen MR) is 131 cm³/mol. The summed E-state index contributed by atoms with van der Waals surface area (Å²) < 4.78 is 0. The van der Waals surface area contributed by atoms with Gasteiger partial charge in [0.05, 0.1) is 6.04 Å². The summed E-state index contributed by atoms with van der Waals surface area (Å²) in [6.07, 6.45) is 15.6. The van der Waals surface area contributed by atoms with Gasteiger partial charge in [0.15, 0.2) is 0 Å². The van der Waals surface area contributed by atoms with E-state index in [2.05, 4.69) is 19.1 Å². The summed E-state index contributed by atoms with van der Waals surface area (Å²) >= 11 is 0. The first kappa shape index (κ1) is 26.3. The molecule has 2 atom stereocenters. The largest absolute Gasteiger partial charge is 0.333 e. The Morgan fingerprint density at radius 2 is 1.72 bits per heavy atom. The van der Waals surface area contributed by atoms with Crippen molar-refractivity contribution < 1.29 is 14.4 Å². The Morgan fingerprint density at radius 1 is 1.03 bits per heavy atom. The minimum absolute atomic E-state index is 0.0154. The molecule has 0 spiro atoms. The number of unbranched alkanes of at least 4 members (excludes halogenated alkanes) is 7. The summed E-state index contributed by atoms with van der Waals surface area (Å²) in [7, 11) is 0. The lowest BCUT2D eigenvalue weighted by atomic mass is 9.85. The second kappa shape index (κ2) is 15.8. The van der Waals surface area contributed by atoms with Crippen LogP contribution >= 0.6 is 0 Å². The van der Waals surface area contributed by atoms with Gasteiger partial charge in [-0.2, -0.15) is 0 Å². The number of benzene rings is 1. The molecule has 32 heavy (non-hydrogen) atoms. The van der Waals surface area contributed by atoms with Gasteiger partial charge < -0.3 is 9.69 Å². The van der Waals surface area contributed by atoms with Crippen LogP contribution in [0, 0.1) is 5.92 Å². The van der Waals surface area contributed by atoms with E-state index in [1.807, 2.05) is 18.2 Å². The maximum atomic E-state index is 13.2. The third kappa shape index (κ3) is 9.67. The molecule has 1 saturated carbocycles. The van der Waals surface area contributed by atoms with Crippen LogP contribution in [-0.2, 0) is 20.8 Å². The van der Waals surface area contributed by atoms with Crippen molar-refractivity contribution in [1.82, 2.24) is 4.90 Å². The summed E-state index contributed by atoms with van der Waals surface area (Å²) in [5, 5.41) is 0. The zero-order valence-electron chi connectivity index (χ0n) is 20.1. The van der Waals surface area contributed by atoms with Crippen LogP contribution in [0.4, 0.5) is 0 Å². The van der Waals surface area contributed by atoms with E-state index in [0.29, 0.717) is 19.4 Å². The van der Waals surface area contributed by atoms with Crippen LogP contribution in [0.2, 0.25) is 0 Å². The van der Waals surface area contributed by atoms with Crippen molar-refractivity contribution in [1.29, 1.82) is 0 Å². The van der Waals surface area contributed by atoms with Gasteiger partial charge in [0.2, 0.25) is 5.91 Å². The minimum atomic E-state index is -0.411. The number of amides is 1. The number of aryl methyl sites for hydroxylation is 1. The molecule has 1 aliphatic rings. The molecule has 0 bridgehead atoms. The Bertz CT molecular complexity index is 673. The maximum Gasteiger partial charge on any atom is 0.223 e. The quantitative estimate of drug-likeness (QED) is 0.223. The average molecular weight is 442 g/mol. The zero-order valence-corrected chi connectivity index (χ0v) is 20.1. The molecule has 178 valence electrons. The van der Waals surface area contributed by atoms with Gasteiger partial charge in [0.25, 0.3) is 0 Å². The molecule has 4 nitrogen and oxygen atoms in total. The number of aldehydes is 1. The van der Waals surface area contributed by atoms with Crippen LogP contribution in [-0.4, -0.2) is 35.5 Å². The first-order valence-electron chi connectivity index (χ1n) is 13.0. The topological polar surface area (TPSA) is 54.5 Å². The number of carbonyl (C=O) groups is 3. The third-order valence-corrected chi connectivity index (χ3v) is 6.80. The van der Waals surface area contributed by atoms with Crippen molar-refractivity contribution in [3.63, 3.8) is 0 Å². The lowest BCUT2D eigenvalue weighted by Gasteiger charge is -2.30. The highest BCUT2D eigenvalue weighted by molar-refractivity contribution is 5.88. The van der Waals surface area contributed by atoms with Crippen molar-refractivity contribution in [3.8, 4) is 0 Å². The molecule has 1 amide bonds. The predicted octanol–water partition coefficient (Wildman–Crippen LogP) is 6.31. The van der Waals surface area contributed by atoms with Crippen LogP contribution in [0.25, 0.3) is 0 Å². The fourth-order valence-electron chi connectivity index (χ4n) is 4.75. The summed E-state index contributed by atoms with van der Waals surface area (Å²) in [5.74, 6) is 0.0562. The van der Waals surface area contributed by atoms with Gasteiger partial charge in [-0.15, -0.1) is 0 Å². The Hall–Kier alpha value is -1.97. The molecular formula is C28H43NO3. The minimum Gasteiger partial charge on any atom is -0.333 e. The molecule has 0 N–H and O–H groups in total. The molecule has 1 aromatic carbocycles. The summed E-state index contributed by atoms with van der Waals surface area (Å²) in [5.41, 5.74) is 1.18. The van der Waals surface area contributed by atoms with Crippen molar-refractivity contribution in [2.24, 2.45) is 5.92 Å². The zero-order chi connectivity index (χ0) is 23.0. The van der Waals surface area contributed by atoms with Gasteiger partial charge in [0, 0.05) is 25.3 Å². The van der Waals surface area contributed by atoms with E-state index < -0.39 is 6.04 Å². The molecule has 2 rings (SSSR count). The summed E-state index contributed by atoms with van der Waals surface area (Å²) in [6.45, 7) is 2.85. The van der Waals surface area contributed by atoms with Crippen LogP contribution in [0.1, 0.15) is 102 Å². The number of Topliss-reactive ketones (excluding diaryl/α,β-unsaturated/α-hetero) is 1. The number of nitrogens with zero attached hydrogens (tertiary/aromatic N) is 1. The molecule has 1 fully saturated rings. The highest BCUT2D eigenvalue weighted by Crippen LogP contribution is 2.25. The molecule has 1 aliphatic carbocycles. The Kier molecular flexibility index (Phi) is 13.0. The van der Waals surface area contributed by atoms with E-state index in [4.69, 9.17) is 0 Å². The first-order chi connectivity index (χ1) is 15.7. The fourth-order valence-corrected chi connectivity index (χ4v) is 4.75. The molecule has 1 aromatic rings. The van der Waals surface area contributed by atoms with Crippen LogP contribution < -0.4 is 0 Å². The van der Waals surface area contributed by atoms with Crippen LogP contribution in [0.5, 0.6) is 0 Å². The van der Waals surface area contributed by atoms with Gasteiger partial charge in [-0.25, -0.2) is 0 Å². The number of hydrogen-bond donors (Lipinski definition) is 0. The van der Waals surface area contributed by atoms with Crippen LogP contribution in [0.15, 0.2) is 30.3 Å². The van der Waals surface area contributed by atoms with E-state index in [9.17, 15) is 14.4 Å². The van der Waals surface area contributed by atoms with E-state index in [0.717, 1.165) is 44.8 Å². The highest BCUT2D eigenvalue weighted by atomic mass is 16.2. The van der Waals surface area contributed by atoms with Crippen molar-refractivity contribution in [3.05, 3.63) is 35.9 Å². The van der Waals surface area contributed by atoms with Crippen LogP contribution in [0.3, 0.4) is 0 Å². The maximum absolute atomic E-state index is 13.2. The SMILES string of the molecule is CCCCCCCCCCN(C(=O)C[C@@H]1CCCCC1=O)C(C=O)CCc1ccccc1. The average Bonchev–Trinajstić information content (AvgIpc) is 2.81. The van der Waals surface area contributed by atoms with Gasteiger partial charge in [-0.3, -0.25) is 9.59 Å². The lowest BCUT2D eigenvalue weighted by molar-refractivity contribution is -0.140. The van der Waals surface area contributed by atoms with Gasteiger partial charge in [-0.05, 0) is 37.7 Å². The van der Waals surface area contributed by atoms with E-state index in [1.54, 1.807) is 4.90 Å². The Labute approximate surface area is 195 Å². The Balaban J connectivity index is 1.91. The van der Waals surface area contributed by atoms with Crippen molar-refractivity contribution in [2.75, 3.05) is 6.54 Å². The standard InChI is InChI=1S/C28H43NO3/c1-2-3-4-5-6-7-8-14-21-29(28(32)22-25-17-12-13-18-27(25)31)26(23-30)20-19-24-15-10-9-11-16-24/h9-11,15-16,23,25-26H,2-8,12-14,17-22H2,1H3/t25-,26?/m0/s1. The van der Waals surface area contributed by atoms with Gasteiger partial charge in [0.1, 0.15) is 12.1 Å². The third-order valence-electron chi connectivity index (χ3n) is 6.80. The molecule has 0 aliphatic heterocycles. The van der Waals surface area contributed by atoms with E-state index in [-0.39, 0.29) is 24.0 Å². The van der Waals surface area contributed by atoms with E-state index in [1.165, 1.54) is 44.1 Å². The second-order valence-electron chi connectivity index (χ2n) is 9.40. The molecule has 0 aromatic heterocycles. The molecular weight excluding hydrogens is 398 g/mol. The number of hydrogen-bond acceptors (Lipinski definition) is 3. The normalized spacial score (nSPS) is 17.2. The fraction of sp³-hybridized carbons (Fsp3) is 0.679. The Morgan fingerprint density at radius 3 is 2.38 bits per heavy atom. The molecule has 0 saturated heterocycles. The van der Waals surface area contributed by atoms with Crippen molar-refractivity contribution in [2.45, 2.75) is 109 Å². The summed E-state index contributed by atoms with van der Waals surface area (Å²) in [4.78, 5) is 39.3. The summed E-state index contributed by atoms with van der Waals surface area (Å²) in [6, 6.07) is 9.71. The number of carbonyl (C=O) groups excluding carboxylic acids is 3. The lowest BCUT2D eigenvalue weighted by Crippen LogP contribution is -2.43. The number of ketones is 1. The van der Waals surface area contributed by atoms with Crippen molar-refractivity contribution >= 4 is 18.0 Å². The van der Waals surface area contributed by atoms with E-state index >= 15 is 0 Å². The molecule has 1 unspecified atom stereocenters. The van der Waals surface area contributed by atoms with Gasteiger partial charge in [-0.1, -0.05) is 88.6 Å². The highest BCUT2D eigenvalue weighted by Gasteiger charge is 2.29. The molecule has 0 radical (unpaired) electrons. The smallest absolute Gasteiger partial charge is 0.223 e. The second-order valence-corrected chi connectivity index (χ2v) is 9.40. The molecule has 0 heterocycles. The van der Waals surface area contributed by atoms with Gasteiger partial charge >= 0.3 is 0 Å². The monoisotopic (exact) mass is 441 g/mol.